The number of hydrogen-bond acceptors (Lipinski definition) is 3. The number of fused-ring (bicyclic) bond motifs is 1. The zero-order valence-electron chi connectivity index (χ0n) is 15.3. The molecule has 5 nitrogen and oxygen atoms in total. The molecular formula is C21H28N2O3. The van der Waals surface area contributed by atoms with Crippen LogP contribution in [-0.2, 0) is 9.53 Å². The van der Waals surface area contributed by atoms with E-state index in [2.05, 4.69) is 10.2 Å². The highest BCUT2D eigenvalue weighted by atomic mass is 16.5. The number of carbonyl (C=O) groups is 2. The molecule has 1 saturated carbocycles. The van der Waals surface area contributed by atoms with E-state index < -0.39 is 0 Å². The van der Waals surface area contributed by atoms with E-state index in [-0.39, 0.29) is 17.9 Å². The third kappa shape index (κ3) is 3.63. The number of amides is 2. The molecule has 0 radical (unpaired) electrons. The van der Waals surface area contributed by atoms with E-state index in [9.17, 15) is 9.59 Å². The molecule has 1 aliphatic carbocycles. The van der Waals surface area contributed by atoms with Crippen molar-refractivity contribution in [2.24, 2.45) is 5.92 Å². The van der Waals surface area contributed by atoms with Gasteiger partial charge in [-0.25, -0.2) is 0 Å². The normalized spacial score (nSPS) is 28.5. The number of benzene rings is 1. The average Bonchev–Trinajstić information content (AvgIpc) is 3.22. The van der Waals surface area contributed by atoms with Crippen molar-refractivity contribution in [2.45, 2.75) is 63.5 Å². The van der Waals surface area contributed by atoms with Gasteiger partial charge in [-0.3, -0.25) is 9.59 Å². The van der Waals surface area contributed by atoms with E-state index in [4.69, 9.17) is 4.74 Å². The Morgan fingerprint density at radius 2 is 1.88 bits per heavy atom. The second kappa shape index (κ2) is 7.78. The Hall–Kier alpha value is -1.88. The van der Waals surface area contributed by atoms with Crippen molar-refractivity contribution in [3.05, 3.63) is 29.8 Å². The molecule has 2 saturated heterocycles. The molecule has 0 spiro atoms. The Balaban J connectivity index is 1.46. The fourth-order valence-electron chi connectivity index (χ4n) is 4.78. The van der Waals surface area contributed by atoms with Crippen LogP contribution in [0.15, 0.2) is 24.3 Å². The Bertz CT molecular complexity index is 667. The zero-order valence-corrected chi connectivity index (χ0v) is 15.3. The van der Waals surface area contributed by atoms with Crippen molar-refractivity contribution >= 4 is 17.5 Å². The lowest BCUT2D eigenvalue weighted by atomic mass is 9.78. The monoisotopic (exact) mass is 356 g/mol. The molecule has 5 heteroatoms. The van der Waals surface area contributed by atoms with Gasteiger partial charge in [0, 0.05) is 30.4 Å². The van der Waals surface area contributed by atoms with Crippen molar-refractivity contribution < 1.29 is 14.3 Å². The molecule has 26 heavy (non-hydrogen) atoms. The van der Waals surface area contributed by atoms with Crippen LogP contribution >= 0.6 is 0 Å². The number of likely N-dealkylation sites (tertiary alicyclic amines) is 1. The molecule has 0 aromatic heterocycles. The number of anilines is 1. The summed E-state index contributed by atoms with van der Waals surface area (Å²) in [5.74, 6) is 0.663. The lowest BCUT2D eigenvalue weighted by molar-refractivity contribution is -0.124. The summed E-state index contributed by atoms with van der Waals surface area (Å²) < 4.78 is 5.43. The number of rotatable bonds is 3. The van der Waals surface area contributed by atoms with Gasteiger partial charge < -0.3 is 15.0 Å². The zero-order chi connectivity index (χ0) is 17.9. The number of nitrogens with one attached hydrogen (secondary N) is 1. The van der Waals surface area contributed by atoms with Crippen molar-refractivity contribution in [1.29, 1.82) is 0 Å². The second-order valence-electron chi connectivity index (χ2n) is 7.82. The molecule has 3 fully saturated rings. The van der Waals surface area contributed by atoms with Gasteiger partial charge in [0.1, 0.15) is 6.10 Å². The van der Waals surface area contributed by atoms with E-state index in [1.54, 1.807) is 0 Å². The van der Waals surface area contributed by atoms with Gasteiger partial charge in [0.05, 0.1) is 0 Å². The van der Waals surface area contributed by atoms with E-state index in [0.29, 0.717) is 29.8 Å². The summed E-state index contributed by atoms with van der Waals surface area (Å²) in [6, 6.07) is 7.75. The van der Waals surface area contributed by atoms with E-state index in [0.717, 1.165) is 32.2 Å². The fraction of sp³-hybridized carbons (Fsp3) is 0.619. The van der Waals surface area contributed by atoms with Gasteiger partial charge in [-0.05, 0) is 62.6 Å². The first-order valence-corrected chi connectivity index (χ1v) is 10.1. The summed E-state index contributed by atoms with van der Waals surface area (Å²) in [6.45, 7) is 1.50. The van der Waals surface area contributed by atoms with Crippen LogP contribution in [0.25, 0.3) is 0 Å². The van der Waals surface area contributed by atoms with Crippen LogP contribution in [0.4, 0.5) is 5.69 Å². The predicted octanol–water partition coefficient (Wildman–Crippen LogP) is 3.60. The molecule has 3 aliphatic rings. The first-order valence-electron chi connectivity index (χ1n) is 10.1. The maximum atomic E-state index is 13.1. The van der Waals surface area contributed by atoms with E-state index in [1.165, 1.54) is 25.7 Å². The van der Waals surface area contributed by atoms with Crippen LogP contribution < -0.4 is 5.32 Å². The van der Waals surface area contributed by atoms with Crippen molar-refractivity contribution in [2.75, 3.05) is 18.5 Å². The highest BCUT2D eigenvalue weighted by Gasteiger charge is 2.36. The minimum Gasteiger partial charge on any atom is -0.368 e. The molecule has 0 unspecified atom stereocenters. The number of ether oxygens (including phenoxy) is 1. The van der Waals surface area contributed by atoms with Crippen molar-refractivity contribution in [3.63, 3.8) is 0 Å². The van der Waals surface area contributed by atoms with Crippen molar-refractivity contribution in [1.82, 2.24) is 4.90 Å². The van der Waals surface area contributed by atoms with Crippen LogP contribution in [0.5, 0.6) is 0 Å². The quantitative estimate of drug-likeness (QED) is 0.900. The average molecular weight is 356 g/mol. The van der Waals surface area contributed by atoms with Crippen LogP contribution in [0.2, 0.25) is 0 Å². The second-order valence-corrected chi connectivity index (χ2v) is 7.82. The predicted molar refractivity (Wildman–Crippen MR) is 100 cm³/mol. The number of carbonyl (C=O) groups excluding carboxylic acids is 2. The molecule has 1 aromatic carbocycles. The molecule has 1 N–H and O–H groups in total. The van der Waals surface area contributed by atoms with E-state index in [1.807, 2.05) is 24.3 Å². The van der Waals surface area contributed by atoms with Crippen LogP contribution in [0.3, 0.4) is 0 Å². The van der Waals surface area contributed by atoms with E-state index >= 15 is 0 Å². The summed E-state index contributed by atoms with van der Waals surface area (Å²) in [7, 11) is 0. The standard InChI is InChI=1S/C21H28N2O3/c24-20(19-11-5-13-26-19)22-17-9-3-7-16(14-17)21(25)23-12-4-8-15-6-1-2-10-18(15)23/h3,7,9,14-15,18-19H,1-2,4-6,8,10-13H2,(H,22,24)/t15-,18-,19-/m0/s1. The Kier molecular flexibility index (Phi) is 5.25. The summed E-state index contributed by atoms with van der Waals surface area (Å²) >= 11 is 0. The minimum atomic E-state index is -0.362. The molecule has 2 heterocycles. The molecule has 0 bridgehead atoms. The van der Waals surface area contributed by atoms with Crippen LogP contribution in [-0.4, -0.2) is 42.0 Å². The third-order valence-corrected chi connectivity index (χ3v) is 6.10. The number of hydrogen-bond donors (Lipinski definition) is 1. The first-order chi connectivity index (χ1) is 12.7. The summed E-state index contributed by atoms with van der Waals surface area (Å²) in [5.41, 5.74) is 1.34. The molecule has 140 valence electrons. The molecule has 3 atom stereocenters. The molecule has 4 rings (SSSR count). The molecule has 2 aliphatic heterocycles. The van der Waals surface area contributed by atoms with Gasteiger partial charge in [0.25, 0.3) is 11.8 Å². The van der Waals surface area contributed by atoms with Gasteiger partial charge >= 0.3 is 0 Å². The maximum Gasteiger partial charge on any atom is 0.254 e. The molecule has 1 aromatic rings. The van der Waals surface area contributed by atoms with Gasteiger partial charge in [0.2, 0.25) is 0 Å². The summed E-state index contributed by atoms with van der Waals surface area (Å²) in [6.07, 6.45) is 8.59. The van der Waals surface area contributed by atoms with Crippen molar-refractivity contribution in [3.8, 4) is 0 Å². The smallest absolute Gasteiger partial charge is 0.254 e. The largest absolute Gasteiger partial charge is 0.368 e. The highest BCUT2D eigenvalue weighted by Crippen LogP contribution is 2.36. The lowest BCUT2D eigenvalue weighted by Gasteiger charge is -2.44. The topological polar surface area (TPSA) is 58.6 Å². The number of piperidine rings is 1. The maximum absolute atomic E-state index is 13.1. The van der Waals surface area contributed by atoms with Gasteiger partial charge in [-0.15, -0.1) is 0 Å². The van der Waals surface area contributed by atoms with Gasteiger partial charge in [0.15, 0.2) is 0 Å². The Morgan fingerprint density at radius 3 is 2.73 bits per heavy atom. The lowest BCUT2D eigenvalue weighted by Crippen LogP contribution is -2.49. The minimum absolute atomic E-state index is 0.106. The third-order valence-electron chi connectivity index (χ3n) is 6.10. The SMILES string of the molecule is O=C(Nc1cccc(C(=O)N2CCC[C@@H]3CCCC[C@@H]32)c1)[C@@H]1CCCO1. The van der Waals surface area contributed by atoms with Crippen LogP contribution in [0, 0.1) is 5.92 Å². The Labute approximate surface area is 155 Å². The molecular weight excluding hydrogens is 328 g/mol. The Morgan fingerprint density at radius 1 is 1.04 bits per heavy atom. The fourth-order valence-corrected chi connectivity index (χ4v) is 4.78. The summed E-state index contributed by atoms with van der Waals surface area (Å²) in [5, 5.41) is 2.90. The first kappa shape index (κ1) is 17.5. The van der Waals surface area contributed by atoms with Gasteiger partial charge in [-0.1, -0.05) is 18.9 Å². The highest BCUT2D eigenvalue weighted by molar-refractivity contribution is 5.98. The summed E-state index contributed by atoms with van der Waals surface area (Å²) in [4.78, 5) is 27.5. The number of nitrogens with zero attached hydrogens (tertiary/aromatic N) is 1. The van der Waals surface area contributed by atoms with Gasteiger partial charge in [-0.2, -0.15) is 0 Å². The van der Waals surface area contributed by atoms with Crippen LogP contribution in [0.1, 0.15) is 61.7 Å². The molecule has 2 amide bonds.